The maximum absolute atomic E-state index is 10.8. The molecule has 1 heterocycles. The van der Waals surface area contributed by atoms with E-state index in [-0.39, 0.29) is 5.60 Å². The number of fused-ring (bicyclic) bond motifs is 3. The Morgan fingerprint density at radius 2 is 1.77 bits per heavy atom. The summed E-state index contributed by atoms with van der Waals surface area (Å²) in [6.07, 6.45) is 7.68. The Bertz CT molecular complexity index is 820. The molecule has 2 aromatic carbocycles. The van der Waals surface area contributed by atoms with Gasteiger partial charge in [-0.1, -0.05) is 55.8 Å². The van der Waals surface area contributed by atoms with Crippen LogP contribution in [-0.4, -0.2) is 10.7 Å². The van der Waals surface area contributed by atoms with Gasteiger partial charge in [0, 0.05) is 11.5 Å². The van der Waals surface area contributed by atoms with Crippen LogP contribution in [-0.2, 0) is 0 Å². The maximum atomic E-state index is 10.8. The van der Waals surface area contributed by atoms with Crippen LogP contribution >= 0.6 is 0 Å². The minimum absolute atomic E-state index is 0.188. The zero-order valence-electron chi connectivity index (χ0n) is 15.9. The van der Waals surface area contributed by atoms with E-state index >= 15 is 0 Å². The van der Waals surface area contributed by atoms with Crippen molar-refractivity contribution in [2.24, 2.45) is 11.8 Å². The van der Waals surface area contributed by atoms with Gasteiger partial charge in [0.15, 0.2) is 0 Å². The molecule has 0 aromatic heterocycles. The van der Waals surface area contributed by atoms with E-state index in [2.05, 4.69) is 45.0 Å². The van der Waals surface area contributed by atoms with Crippen molar-refractivity contribution < 1.29 is 9.84 Å². The minimum atomic E-state index is -0.188. The Hall–Kier alpha value is -2.22. The monoisotopic (exact) mass is 348 g/mol. The molecule has 2 heteroatoms. The summed E-state index contributed by atoms with van der Waals surface area (Å²) in [5, 5.41) is 10.8. The number of hydrogen-bond donors (Lipinski definition) is 1. The third kappa shape index (κ3) is 3.13. The van der Waals surface area contributed by atoms with E-state index in [1.807, 2.05) is 30.3 Å². The number of aromatic hydroxyl groups is 1. The highest BCUT2D eigenvalue weighted by molar-refractivity contribution is 5.72. The molecular weight excluding hydrogens is 320 g/mol. The summed E-state index contributed by atoms with van der Waals surface area (Å²) in [5.74, 6) is 2.82. The molecule has 1 aliphatic carbocycles. The fraction of sp³-hybridized carbons (Fsp3) is 0.417. The molecule has 2 aromatic rings. The number of phenols is 1. The van der Waals surface area contributed by atoms with Crippen LogP contribution in [0.5, 0.6) is 11.5 Å². The zero-order chi connectivity index (χ0) is 18.3. The van der Waals surface area contributed by atoms with E-state index in [1.165, 1.54) is 12.8 Å². The smallest absolute Gasteiger partial charge is 0.127 e. The van der Waals surface area contributed by atoms with Gasteiger partial charge < -0.3 is 9.84 Å². The lowest BCUT2D eigenvalue weighted by Gasteiger charge is -2.48. The molecule has 1 aliphatic heterocycles. The molecule has 0 amide bonds. The summed E-state index contributed by atoms with van der Waals surface area (Å²) in [6, 6.07) is 14.2. The van der Waals surface area contributed by atoms with Crippen molar-refractivity contribution in [2.45, 2.75) is 51.6 Å². The molecule has 136 valence electrons. The normalized spacial score (nSPS) is 26.8. The molecule has 0 bridgehead atoms. The topological polar surface area (TPSA) is 29.5 Å². The van der Waals surface area contributed by atoms with Crippen molar-refractivity contribution in [3.8, 4) is 11.5 Å². The first-order valence-electron chi connectivity index (χ1n) is 9.73. The molecule has 1 fully saturated rings. The fourth-order valence-electron chi connectivity index (χ4n) is 4.83. The van der Waals surface area contributed by atoms with E-state index in [0.717, 1.165) is 28.9 Å². The number of ether oxygens (including phenoxy) is 1. The van der Waals surface area contributed by atoms with Crippen LogP contribution in [0, 0.1) is 11.8 Å². The molecular formula is C24H28O2. The molecule has 0 unspecified atom stereocenters. The van der Waals surface area contributed by atoms with Gasteiger partial charge in [-0.3, -0.25) is 0 Å². The van der Waals surface area contributed by atoms with Gasteiger partial charge in [-0.05, 0) is 61.8 Å². The summed E-state index contributed by atoms with van der Waals surface area (Å²) in [5.41, 5.74) is 2.96. The highest BCUT2D eigenvalue weighted by atomic mass is 16.5. The van der Waals surface area contributed by atoms with E-state index in [1.54, 1.807) is 0 Å². The molecule has 0 spiro atoms. The molecule has 3 atom stereocenters. The highest BCUT2D eigenvalue weighted by Gasteiger charge is 2.46. The number of phenolic OH excluding ortho intramolecular Hbond substituents is 1. The van der Waals surface area contributed by atoms with Crippen molar-refractivity contribution in [1.82, 2.24) is 0 Å². The van der Waals surface area contributed by atoms with Crippen LogP contribution in [0.3, 0.4) is 0 Å². The summed E-state index contributed by atoms with van der Waals surface area (Å²) in [6.45, 7) is 6.73. The Balaban J connectivity index is 1.71. The first-order valence-corrected chi connectivity index (χ1v) is 9.73. The quantitative estimate of drug-likeness (QED) is 0.650. The third-order valence-corrected chi connectivity index (χ3v) is 6.16. The van der Waals surface area contributed by atoms with Crippen LogP contribution in [0.25, 0.3) is 12.2 Å². The van der Waals surface area contributed by atoms with Gasteiger partial charge in [0.1, 0.15) is 17.1 Å². The number of benzene rings is 2. The molecule has 1 saturated carbocycles. The SMILES string of the molecule is C[C@H]1CC[C@H]2[C@H](C1)c1c(O)cc(/C=C/c3ccccc3)cc1OC2(C)C. The summed E-state index contributed by atoms with van der Waals surface area (Å²) in [7, 11) is 0. The average molecular weight is 348 g/mol. The fourth-order valence-corrected chi connectivity index (χ4v) is 4.83. The van der Waals surface area contributed by atoms with E-state index < -0.39 is 0 Å². The summed E-state index contributed by atoms with van der Waals surface area (Å²) in [4.78, 5) is 0. The summed E-state index contributed by atoms with van der Waals surface area (Å²) >= 11 is 0. The van der Waals surface area contributed by atoms with Crippen LogP contribution in [0.1, 0.15) is 62.6 Å². The van der Waals surface area contributed by atoms with Crippen LogP contribution in [0.4, 0.5) is 0 Å². The van der Waals surface area contributed by atoms with Gasteiger partial charge in [-0.25, -0.2) is 0 Å². The van der Waals surface area contributed by atoms with Crippen LogP contribution in [0.2, 0.25) is 0 Å². The molecule has 4 rings (SSSR count). The van der Waals surface area contributed by atoms with Gasteiger partial charge in [0.25, 0.3) is 0 Å². The zero-order valence-corrected chi connectivity index (χ0v) is 15.9. The second-order valence-electron chi connectivity index (χ2n) is 8.53. The van der Waals surface area contributed by atoms with Gasteiger partial charge in [0.05, 0.1) is 0 Å². The van der Waals surface area contributed by atoms with Gasteiger partial charge >= 0.3 is 0 Å². The summed E-state index contributed by atoms with van der Waals surface area (Å²) < 4.78 is 6.40. The number of hydrogen-bond acceptors (Lipinski definition) is 2. The Kier molecular flexibility index (Phi) is 4.30. The van der Waals surface area contributed by atoms with Crippen molar-refractivity contribution in [1.29, 1.82) is 0 Å². The van der Waals surface area contributed by atoms with Crippen LogP contribution in [0.15, 0.2) is 42.5 Å². The van der Waals surface area contributed by atoms with Gasteiger partial charge in [0.2, 0.25) is 0 Å². The molecule has 2 nitrogen and oxygen atoms in total. The predicted octanol–water partition coefficient (Wildman–Crippen LogP) is 6.25. The Morgan fingerprint density at radius 3 is 2.54 bits per heavy atom. The van der Waals surface area contributed by atoms with Gasteiger partial charge in [-0.15, -0.1) is 0 Å². The average Bonchev–Trinajstić information content (AvgIpc) is 2.59. The van der Waals surface area contributed by atoms with Crippen LogP contribution < -0.4 is 4.74 Å². The van der Waals surface area contributed by atoms with Gasteiger partial charge in [-0.2, -0.15) is 0 Å². The lowest BCUT2D eigenvalue weighted by atomic mass is 9.64. The van der Waals surface area contributed by atoms with Crippen molar-refractivity contribution in [2.75, 3.05) is 0 Å². The Labute approximate surface area is 156 Å². The van der Waals surface area contributed by atoms with E-state index in [0.29, 0.717) is 23.5 Å². The van der Waals surface area contributed by atoms with Crippen molar-refractivity contribution >= 4 is 12.2 Å². The molecule has 26 heavy (non-hydrogen) atoms. The maximum Gasteiger partial charge on any atom is 0.127 e. The standard InChI is InChI=1S/C24H28O2/c1-16-9-12-20-19(13-16)23-21(25)14-18(15-22(23)26-24(20,2)3)11-10-17-7-5-4-6-8-17/h4-8,10-11,14-16,19-20,25H,9,12-13H2,1-3H3/b11-10+/t16-,19-,20-/m0/s1. The molecule has 2 aliphatic rings. The molecule has 0 radical (unpaired) electrons. The molecule has 0 saturated heterocycles. The number of rotatable bonds is 2. The van der Waals surface area contributed by atoms with Crippen molar-refractivity contribution in [3.05, 3.63) is 59.2 Å². The third-order valence-electron chi connectivity index (χ3n) is 6.16. The molecule has 1 N–H and O–H groups in total. The first-order chi connectivity index (χ1) is 12.4. The van der Waals surface area contributed by atoms with E-state index in [4.69, 9.17) is 4.74 Å². The Morgan fingerprint density at radius 1 is 1.04 bits per heavy atom. The van der Waals surface area contributed by atoms with E-state index in [9.17, 15) is 5.11 Å². The minimum Gasteiger partial charge on any atom is -0.507 e. The first kappa shape index (κ1) is 17.2. The predicted molar refractivity (Wildman–Crippen MR) is 107 cm³/mol. The lowest BCUT2D eigenvalue weighted by molar-refractivity contribution is -0.0145. The lowest BCUT2D eigenvalue weighted by Crippen LogP contribution is -2.46. The highest BCUT2D eigenvalue weighted by Crippen LogP contribution is 2.55. The second kappa shape index (κ2) is 6.50. The second-order valence-corrected chi connectivity index (χ2v) is 8.53. The largest absolute Gasteiger partial charge is 0.507 e. The van der Waals surface area contributed by atoms with Crippen molar-refractivity contribution in [3.63, 3.8) is 0 Å².